The predicted octanol–water partition coefficient (Wildman–Crippen LogP) is 3.79. The van der Waals surface area contributed by atoms with Crippen molar-refractivity contribution in [3.05, 3.63) is 71.0 Å². The molecule has 1 aliphatic rings. The highest BCUT2D eigenvalue weighted by molar-refractivity contribution is 5.97. The third kappa shape index (κ3) is 7.45. The molecule has 1 saturated heterocycles. The highest BCUT2D eigenvalue weighted by atomic mass is 19.1. The van der Waals surface area contributed by atoms with Gasteiger partial charge in [0.2, 0.25) is 0 Å². The molecule has 6 nitrogen and oxygen atoms in total. The number of benzene rings is 2. The number of carbonyl (C=O) groups is 2. The molecule has 0 unspecified atom stereocenters. The standard InChI is InChI=1S/C24H29FN2O4/c1-30-16-19-2-4-20(5-3-19)17-31-24(29)26-14-18-10-12-27(13-11-18)15-23(28)21-6-8-22(25)9-7-21/h2-9,18H,10-17H2,1H3,(H,26,29). The van der Waals surface area contributed by atoms with Gasteiger partial charge in [0, 0.05) is 19.2 Å². The number of nitrogens with one attached hydrogen (secondary N) is 1. The number of rotatable bonds is 9. The number of ether oxygens (including phenoxy) is 2. The van der Waals surface area contributed by atoms with Crippen LogP contribution in [0.25, 0.3) is 0 Å². The zero-order valence-electron chi connectivity index (χ0n) is 17.8. The summed E-state index contributed by atoms with van der Waals surface area (Å²) in [7, 11) is 1.65. The smallest absolute Gasteiger partial charge is 0.407 e. The molecule has 0 spiro atoms. The lowest BCUT2D eigenvalue weighted by Gasteiger charge is -2.31. The number of piperidine rings is 1. The van der Waals surface area contributed by atoms with E-state index in [0.29, 0.717) is 31.2 Å². The van der Waals surface area contributed by atoms with Crippen LogP contribution in [0.3, 0.4) is 0 Å². The summed E-state index contributed by atoms with van der Waals surface area (Å²) < 4.78 is 23.4. The number of alkyl carbamates (subject to hydrolysis) is 1. The van der Waals surface area contributed by atoms with Gasteiger partial charge in [-0.05, 0) is 67.2 Å². The molecule has 0 radical (unpaired) electrons. The molecular weight excluding hydrogens is 399 g/mol. The van der Waals surface area contributed by atoms with E-state index in [1.807, 2.05) is 24.3 Å². The molecule has 166 valence electrons. The average Bonchev–Trinajstić information content (AvgIpc) is 2.79. The maximum Gasteiger partial charge on any atom is 0.407 e. The van der Waals surface area contributed by atoms with Crippen LogP contribution in [0.1, 0.15) is 34.3 Å². The monoisotopic (exact) mass is 428 g/mol. The molecule has 3 rings (SSSR count). The summed E-state index contributed by atoms with van der Waals surface area (Å²) >= 11 is 0. The molecule has 1 heterocycles. The van der Waals surface area contributed by atoms with E-state index in [1.165, 1.54) is 24.3 Å². The molecule has 0 atom stereocenters. The molecule has 0 bridgehead atoms. The fourth-order valence-corrected chi connectivity index (χ4v) is 3.60. The van der Waals surface area contributed by atoms with Crippen LogP contribution in [0, 0.1) is 11.7 Å². The van der Waals surface area contributed by atoms with E-state index in [-0.39, 0.29) is 18.2 Å². The Kier molecular flexibility index (Phi) is 8.55. The molecule has 1 fully saturated rings. The van der Waals surface area contributed by atoms with E-state index in [9.17, 15) is 14.0 Å². The van der Waals surface area contributed by atoms with Gasteiger partial charge in [-0.15, -0.1) is 0 Å². The van der Waals surface area contributed by atoms with Crippen molar-refractivity contribution in [3.8, 4) is 0 Å². The summed E-state index contributed by atoms with van der Waals surface area (Å²) in [5, 5.41) is 2.84. The van der Waals surface area contributed by atoms with Crippen LogP contribution in [-0.2, 0) is 22.7 Å². The number of nitrogens with zero attached hydrogens (tertiary/aromatic N) is 1. The van der Waals surface area contributed by atoms with Crippen molar-refractivity contribution >= 4 is 11.9 Å². The Bertz CT molecular complexity index is 847. The lowest BCUT2D eigenvalue weighted by molar-refractivity contribution is 0.0894. The fourth-order valence-electron chi connectivity index (χ4n) is 3.60. The summed E-state index contributed by atoms with van der Waals surface area (Å²) in [6, 6.07) is 13.4. The van der Waals surface area contributed by atoms with Gasteiger partial charge in [0.25, 0.3) is 0 Å². The summed E-state index contributed by atoms with van der Waals surface area (Å²) in [4.78, 5) is 26.4. The van der Waals surface area contributed by atoms with Gasteiger partial charge in [-0.1, -0.05) is 24.3 Å². The molecule has 0 aliphatic carbocycles. The van der Waals surface area contributed by atoms with Crippen molar-refractivity contribution in [2.75, 3.05) is 33.3 Å². The second-order valence-corrected chi connectivity index (χ2v) is 7.86. The summed E-state index contributed by atoms with van der Waals surface area (Å²) in [6.07, 6.45) is 1.38. The first kappa shape index (κ1) is 22.9. The number of ketones is 1. The number of Topliss-reactive ketones (excluding diaryl/α,β-unsaturated/α-hetero) is 1. The highest BCUT2D eigenvalue weighted by Crippen LogP contribution is 2.17. The Morgan fingerprint density at radius 1 is 1.00 bits per heavy atom. The van der Waals surface area contributed by atoms with Crippen molar-refractivity contribution in [3.63, 3.8) is 0 Å². The quantitative estimate of drug-likeness (QED) is 0.616. The minimum Gasteiger partial charge on any atom is -0.445 e. The van der Waals surface area contributed by atoms with Crippen LogP contribution in [0.5, 0.6) is 0 Å². The van der Waals surface area contributed by atoms with E-state index < -0.39 is 6.09 Å². The minimum absolute atomic E-state index is 0.00425. The summed E-state index contributed by atoms with van der Waals surface area (Å²) in [5.41, 5.74) is 2.52. The van der Waals surface area contributed by atoms with E-state index in [2.05, 4.69) is 10.2 Å². The fraction of sp³-hybridized carbons (Fsp3) is 0.417. The number of hydrogen-bond acceptors (Lipinski definition) is 5. The van der Waals surface area contributed by atoms with Crippen molar-refractivity contribution in [2.24, 2.45) is 5.92 Å². The Hall–Kier alpha value is -2.77. The number of likely N-dealkylation sites (tertiary alicyclic amines) is 1. The lowest BCUT2D eigenvalue weighted by Crippen LogP contribution is -2.40. The number of methoxy groups -OCH3 is 1. The average molecular weight is 429 g/mol. The minimum atomic E-state index is -0.421. The molecule has 2 aromatic carbocycles. The Morgan fingerprint density at radius 3 is 2.23 bits per heavy atom. The zero-order valence-corrected chi connectivity index (χ0v) is 17.8. The van der Waals surface area contributed by atoms with Gasteiger partial charge < -0.3 is 14.8 Å². The lowest BCUT2D eigenvalue weighted by atomic mass is 9.96. The summed E-state index contributed by atoms with van der Waals surface area (Å²) in [5.74, 6) is 0.0110. The van der Waals surface area contributed by atoms with Gasteiger partial charge in [0.15, 0.2) is 5.78 Å². The molecule has 0 saturated carbocycles. The van der Waals surface area contributed by atoms with Gasteiger partial charge in [0.1, 0.15) is 12.4 Å². The van der Waals surface area contributed by atoms with Crippen LogP contribution in [0.4, 0.5) is 9.18 Å². The Labute approximate surface area is 182 Å². The van der Waals surface area contributed by atoms with Crippen molar-refractivity contribution in [2.45, 2.75) is 26.1 Å². The van der Waals surface area contributed by atoms with Gasteiger partial charge in [-0.25, -0.2) is 9.18 Å². The SMILES string of the molecule is COCc1ccc(COC(=O)NCC2CCN(CC(=O)c3ccc(F)cc3)CC2)cc1. The van der Waals surface area contributed by atoms with E-state index in [0.717, 1.165) is 37.1 Å². The Morgan fingerprint density at radius 2 is 1.61 bits per heavy atom. The van der Waals surface area contributed by atoms with E-state index in [4.69, 9.17) is 9.47 Å². The molecule has 7 heteroatoms. The normalized spacial score (nSPS) is 14.9. The number of hydrogen-bond donors (Lipinski definition) is 1. The van der Waals surface area contributed by atoms with E-state index in [1.54, 1.807) is 7.11 Å². The Balaban J connectivity index is 1.32. The second kappa shape index (κ2) is 11.6. The summed E-state index contributed by atoms with van der Waals surface area (Å²) in [6.45, 7) is 3.26. The maximum absolute atomic E-state index is 13.0. The van der Waals surface area contributed by atoms with Crippen molar-refractivity contribution < 1.29 is 23.5 Å². The number of carbonyl (C=O) groups excluding carboxylic acids is 2. The van der Waals surface area contributed by atoms with Gasteiger partial charge in [0.05, 0.1) is 13.2 Å². The molecule has 31 heavy (non-hydrogen) atoms. The second-order valence-electron chi connectivity index (χ2n) is 7.86. The van der Waals surface area contributed by atoms with Crippen molar-refractivity contribution in [1.29, 1.82) is 0 Å². The van der Waals surface area contributed by atoms with Gasteiger partial charge in [-0.3, -0.25) is 9.69 Å². The largest absolute Gasteiger partial charge is 0.445 e. The third-order valence-electron chi connectivity index (χ3n) is 5.48. The van der Waals surface area contributed by atoms with E-state index >= 15 is 0 Å². The maximum atomic E-state index is 13.0. The van der Waals surface area contributed by atoms with Crippen LogP contribution in [0.15, 0.2) is 48.5 Å². The third-order valence-corrected chi connectivity index (χ3v) is 5.48. The molecule has 1 aliphatic heterocycles. The van der Waals surface area contributed by atoms with Crippen LogP contribution < -0.4 is 5.32 Å². The number of halogens is 1. The predicted molar refractivity (Wildman–Crippen MR) is 115 cm³/mol. The molecule has 1 amide bonds. The number of amides is 1. The molecule has 1 N–H and O–H groups in total. The van der Waals surface area contributed by atoms with Crippen LogP contribution in [0.2, 0.25) is 0 Å². The van der Waals surface area contributed by atoms with Crippen molar-refractivity contribution in [1.82, 2.24) is 10.2 Å². The van der Waals surface area contributed by atoms with Crippen LogP contribution >= 0.6 is 0 Å². The molecular formula is C24H29FN2O4. The van der Waals surface area contributed by atoms with Gasteiger partial charge >= 0.3 is 6.09 Å². The zero-order chi connectivity index (χ0) is 22.1. The van der Waals surface area contributed by atoms with Gasteiger partial charge in [-0.2, -0.15) is 0 Å². The molecule has 0 aromatic heterocycles. The highest BCUT2D eigenvalue weighted by Gasteiger charge is 2.22. The topological polar surface area (TPSA) is 67.9 Å². The first-order chi connectivity index (χ1) is 15.0. The first-order valence-corrected chi connectivity index (χ1v) is 10.5. The first-order valence-electron chi connectivity index (χ1n) is 10.5. The molecule has 2 aromatic rings. The van der Waals surface area contributed by atoms with Crippen LogP contribution in [-0.4, -0.2) is 50.1 Å².